The molecule has 110 valence electrons. The fourth-order valence-electron chi connectivity index (χ4n) is 3.30. The summed E-state index contributed by atoms with van der Waals surface area (Å²) in [6.07, 6.45) is 6.23. The topological polar surface area (TPSA) is 64.4 Å². The maximum absolute atomic E-state index is 12.1. The van der Waals surface area contributed by atoms with Crippen LogP contribution in [-0.2, 0) is 9.53 Å². The molecule has 2 aliphatic rings. The molecule has 0 unspecified atom stereocenters. The Labute approximate surface area is 116 Å². The third-order valence-electron chi connectivity index (χ3n) is 4.72. The number of rotatable bonds is 4. The molecule has 1 heterocycles. The Hall–Kier alpha value is -0.610. The molecule has 19 heavy (non-hydrogen) atoms. The molecule has 1 aliphatic carbocycles. The first-order chi connectivity index (χ1) is 9.10. The zero-order valence-electron chi connectivity index (χ0n) is 12.2. The smallest absolute Gasteiger partial charge is 0.249 e. The van der Waals surface area contributed by atoms with E-state index in [2.05, 4.69) is 19.2 Å². The number of hydrogen-bond acceptors (Lipinski definition) is 3. The molecule has 2 atom stereocenters. The van der Waals surface area contributed by atoms with Crippen LogP contribution in [0.4, 0.5) is 0 Å². The van der Waals surface area contributed by atoms with E-state index in [0.717, 1.165) is 37.5 Å². The van der Waals surface area contributed by atoms with Gasteiger partial charge in [-0.15, -0.1) is 0 Å². The standard InChI is InChI=1S/C15H28N2O2/c1-10(2)11-3-5-12(6-4-11)17-15(18)14-8-7-13(9-16)19-14/h10-14H,3-9,16H2,1-2H3,(H,17,18)/t11?,12?,13-,14+/m1/s1. The quantitative estimate of drug-likeness (QED) is 0.817. The molecule has 0 spiro atoms. The van der Waals surface area contributed by atoms with Gasteiger partial charge in [-0.25, -0.2) is 0 Å². The van der Waals surface area contributed by atoms with E-state index in [-0.39, 0.29) is 18.1 Å². The van der Waals surface area contributed by atoms with Gasteiger partial charge < -0.3 is 15.8 Å². The molecule has 1 saturated carbocycles. The van der Waals surface area contributed by atoms with Crippen LogP contribution < -0.4 is 11.1 Å². The van der Waals surface area contributed by atoms with E-state index in [4.69, 9.17) is 10.5 Å². The van der Waals surface area contributed by atoms with Crippen molar-refractivity contribution in [3.63, 3.8) is 0 Å². The lowest BCUT2D eigenvalue weighted by Gasteiger charge is -2.31. The highest BCUT2D eigenvalue weighted by atomic mass is 16.5. The minimum atomic E-state index is -0.267. The van der Waals surface area contributed by atoms with Crippen LogP contribution in [-0.4, -0.2) is 30.7 Å². The molecule has 2 fully saturated rings. The molecule has 1 amide bonds. The third-order valence-corrected chi connectivity index (χ3v) is 4.72. The highest BCUT2D eigenvalue weighted by molar-refractivity contribution is 5.81. The zero-order chi connectivity index (χ0) is 13.8. The van der Waals surface area contributed by atoms with Gasteiger partial charge in [-0.3, -0.25) is 4.79 Å². The van der Waals surface area contributed by atoms with Gasteiger partial charge in [0.25, 0.3) is 0 Å². The second-order valence-corrected chi connectivity index (χ2v) is 6.42. The van der Waals surface area contributed by atoms with Crippen molar-refractivity contribution in [2.75, 3.05) is 6.54 Å². The zero-order valence-corrected chi connectivity index (χ0v) is 12.2. The van der Waals surface area contributed by atoms with E-state index in [1.807, 2.05) is 0 Å². The van der Waals surface area contributed by atoms with E-state index < -0.39 is 0 Å². The van der Waals surface area contributed by atoms with Gasteiger partial charge in [0.15, 0.2) is 0 Å². The van der Waals surface area contributed by atoms with Crippen molar-refractivity contribution >= 4 is 5.91 Å². The summed E-state index contributed by atoms with van der Waals surface area (Å²) in [6.45, 7) is 5.11. The summed E-state index contributed by atoms with van der Waals surface area (Å²) < 4.78 is 5.64. The second-order valence-electron chi connectivity index (χ2n) is 6.42. The van der Waals surface area contributed by atoms with Gasteiger partial charge in [0.2, 0.25) is 5.91 Å². The molecule has 0 aromatic rings. The molecule has 0 bridgehead atoms. The van der Waals surface area contributed by atoms with Crippen molar-refractivity contribution < 1.29 is 9.53 Å². The first kappa shape index (κ1) is 14.8. The average molecular weight is 268 g/mol. The monoisotopic (exact) mass is 268 g/mol. The molecule has 1 saturated heterocycles. The second kappa shape index (κ2) is 6.71. The molecule has 2 rings (SSSR count). The minimum absolute atomic E-state index is 0.0731. The summed E-state index contributed by atoms with van der Waals surface area (Å²) in [4.78, 5) is 12.1. The Bertz CT molecular complexity index is 299. The van der Waals surface area contributed by atoms with Crippen molar-refractivity contribution in [2.24, 2.45) is 17.6 Å². The molecule has 1 aliphatic heterocycles. The summed E-state index contributed by atoms with van der Waals surface area (Å²) in [6, 6.07) is 0.350. The van der Waals surface area contributed by atoms with Crippen molar-refractivity contribution in [2.45, 2.75) is 70.6 Å². The summed E-state index contributed by atoms with van der Waals surface area (Å²) in [7, 11) is 0. The van der Waals surface area contributed by atoms with Gasteiger partial charge in [0.05, 0.1) is 6.10 Å². The normalized spacial score (nSPS) is 35.6. The summed E-state index contributed by atoms with van der Waals surface area (Å²) in [5, 5.41) is 3.16. The van der Waals surface area contributed by atoms with Crippen LogP contribution in [0.2, 0.25) is 0 Å². The van der Waals surface area contributed by atoms with Gasteiger partial charge in [-0.05, 0) is 50.4 Å². The van der Waals surface area contributed by atoms with Gasteiger partial charge in [0.1, 0.15) is 6.10 Å². The number of hydrogen-bond donors (Lipinski definition) is 2. The van der Waals surface area contributed by atoms with E-state index in [1.165, 1.54) is 12.8 Å². The van der Waals surface area contributed by atoms with Gasteiger partial charge in [-0.2, -0.15) is 0 Å². The van der Waals surface area contributed by atoms with Gasteiger partial charge >= 0.3 is 0 Å². The van der Waals surface area contributed by atoms with Crippen LogP contribution in [0.15, 0.2) is 0 Å². The number of ether oxygens (including phenoxy) is 1. The predicted molar refractivity (Wildman–Crippen MR) is 75.7 cm³/mol. The largest absolute Gasteiger partial charge is 0.364 e. The molecule has 0 aromatic heterocycles. The molecule has 0 radical (unpaired) electrons. The van der Waals surface area contributed by atoms with E-state index in [1.54, 1.807) is 0 Å². The Kier molecular flexibility index (Phi) is 5.22. The maximum atomic E-state index is 12.1. The lowest BCUT2D eigenvalue weighted by Crippen LogP contribution is -2.43. The fourth-order valence-corrected chi connectivity index (χ4v) is 3.30. The minimum Gasteiger partial charge on any atom is -0.364 e. The van der Waals surface area contributed by atoms with Crippen LogP contribution >= 0.6 is 0 Å². The maximum Gasteiger partial charge on any atom is 0.249 e. The average Bonchev–Trinajstić information content (AvgIpc) is 2.88. The number of carbonyl (C=O) groups is 1. The number of carbonyl (C=O) groups excluding carboxylic acids is 1. The predicted octanol–water partition coefficient (Wildman–Crippen LogP) is 1.82. The lowest BCUT2D eigenvalue weighted by molar-refractivity contribution is -0.132. The van der Waals surface area contributed by atoms with E-state index in [0.29, 0.717) is 12.6 Å². The Morgan fingerprint density at radius 2 is 1.89 bits per heavy atom. The highest BCUT2D eigenvalue weighted by Gasteiger charge is 2.32. The van der Waals surface area contributed by atoms with Crippen molar-refractivity contribution in [1.82, 2.24) is 5.32 Å². The Balaban J connectivity index is 1.72. The van der Waals surface area contributed by atoms with E-state index >= 15 is 0 Å². The molecular formula is C15H28N2O2. The van der Waals surface area contributed by atoms with Crippen molar-refractivity contribution in [3.05, 3.63) is 0 Å². The third kappa shape index (κ3) is 3.93. The molecule has 4 heteroatoms. The Morgan fingerprint density at radius 1 is 1.21 bits per heavy atom. The van der Waals surface area contributed by atoms with Gasteiger partial charge in [-0.1, -0.05) is 13.8 Å². The number of amides is 1. The van der Waals surface area contributed by atoms with Gasteiger partial charge in [0, 0.05) is 12.6 Å². The summed E-state index contributed by atoms with van der Waals surface area (Å²) in [5.74, 6) is 1.67. The molecular weight excluding hydrogens is 240 g/mol. The highest BCUT2D eigenvalue weighted by Crippen LogP contribution is 2.30. The lowest BCUT2D eigenvalue weighted by atomic mass is 9.79. The first-order valence-electron chi connectivity index (χ1n) is 7.76. The number of nitrogens with one attached hydrogen (secondary N) is 1. The molecule has 0 aromatic carbocycles. The van der Waals surface area contributed by atoms with Crippen LogP contribution in [0.1, 0.15) is 52.4 Å². The fraction of sp³-hybridized carbons (Fsp3) is 0.933. The van der Waals surface area contributed by atoms with Crippen molar-refractivity contribution in [3.8, 4) is 0 Å². The van der Waals surface area contributed by atoms with Crippen molar-refractivity contribution in [1.29, 1.82) is 0 Å². The first-order valence-corrected chi connectivity index (χ1v) is 7.76. The van der Waals surface area contributed by atoms with Crippen LogP contribution in [0.3, 0.4) is 0 Å². The molecule has 4 nitrogen and oxygen atoms in total. The summed E-state index contributed by atoms with van der Waals surface area (Å²) >= 11 is 0. The summed E-state index contributed by atoms with van der Waals surface area (Å²) in [5.41, 5.74) is 5.57. The van der Waals surface area contributed by atoms with Crippen LogP contribution in [0, 0.1) is 11.8 Å². The SMILES string of the molecule is CC(C)C1CCC(NC(=O)[C@@H]2CC[C@H](CN)O2)CC1. The molecule has 3 N–H and O–H groups in total. The number of nitrogens with two attached hydrogens (primary N) is 1. The van der Waals surface area contributed by atoms with Crippen LogP contribution in [0.5, 0.6) is 0 Å². The van der Waals surface area contributed by atoms with E-state index in [9.17, 15) is 4.79 Å². The Morgan fingerprint density at radius 3 is 2.42 bits per heavy atom. The van der Waals surface area contributed by atoms with Crippen LogP contribution in [0.25, 0.3) is 0 Å².